The summed E-state index contributed by atoms with van der Waals surface area (Å²) in [5, 5.41) is 10.4. The molecule has 0 aliphatic heterocycles. The van der Waals surface area contributed by atoms with Crippen molar-refractivity contribution in [2.24, 2.45) is 0 Å². The quantitative estimate of drug-likeness (QED) is 0.221. The first-order chi connectivity index (χ1) is 16.5. The summed E-state index contributed by atoms with van der Waals surface area (Å²) in [5.41, 5.74) is -2.20. The molecule has 0 aliphatic carbocycles. The zero-order valence-corrected chi connectivity index (χ0v) is 18.7. The number of nitrogens with one attached hydrogen (secondary N) is 1. The second kappa shape index (κ2) is 10.8. The molecule has 0 radical (unpaired) electrons. The van der Waals surface area contributed by atoms with Gasteiger partial charge in [0.25, 0.3) is 0 Å². The lowest BCUT2D eigenvalue weighted by molar-refractivity contribution is -0.138. The Kier molecular flexibility index (Phi) is 8.10. The van der Waals surface area contributed by atoms with Crippen molar-refractivity contribution < 1.29 is 35.9 Å². The number of aromatic nitrogens is 3. The van der Waals surface area contributed by atoms with Crippen molar-refractivity contribution in [2.45, 2.75) is 30.7 Å². The average molecular weight is 516 g/mol. The fourth-order valence-corrected chi connectivity index (χ4v) is 3.68. The van der Waals surface area contributed by atoms with E-state index < -0.39 is 29.4 Å². The summed E-state index contributed by atoms with van der Waals surface area (Å²) in [4.78, 5) is 12.3. The maximum Gasteiger partial charge on any atom is 0.418 e. The SMILES string of the molecule is C=CCn1c(COc2cccc(C(F)(F)F)c2)nnc1SCC(=O)Nc1ccccc1C(F)(F)F. The van der Waals surface area contributed by atoms with Crippen LogP contribution in [0.2, 0.25) is 0 Å². The lowest BCUT2D eigenvalue weighted by Gasteiger charge is -2.13. The van der Waals surface area contributed by atoms with Gasteiger partial charge < -0.3 is 10.1 Å². The van der Waals surface area contributed by atoms with E-state index in [-0.39, 0.29) is 41.3 Å². The number of thioether (sulfide) groups is 1. The fraction of sp³-hybridized carbons (Fsp3) is 0.227. The number of hydrogen-bond acceptors (Lipinski definition) is 5. The standard InChI is InChI=1S/C22H18F6N4O2S/c1-2-10-32-18(12-34-15-7-5-6-14(11-15)21(23,24)25)30-31-20(32)35-13-19(33)29-17-9-4-3-8-16(17)22(26,27)28/h2-9,11H,1,10,12-13H2,(H,29,33). The Bertz CT molecular complexity index is 1190. The first kappa shape index (κ1) is 26.1. The summed E-state index contributed by atoms with van der Waals surface area (Å²) in [6.07, 6.45) is -7.64. The number of anilines is 1. The Morgan fingerprint density at radius 2 is 1.80 bits per heavy atom. The van der Waals surface area contributed by atoms with Crippen LogP contribution >= 0.6 is 11.8 Å². The third-order valence-electron chi connectivity index (χ3n) is 4.47. The van der Waals surface area contributed by atoms with E-state index in [9.17, 15) is 31.1 Å². The molecule has 1 aromatic heterocycles. The molecule has 1 heterocycles. The Hall–Kier alpha value is -3.48. The molecule has 0 unspecified atom stereocenters. The Morgan fingerprint density at radius 3 is 2.49 bits per heavy atom. The highest BCUT2D eigenvalue weighted by Gasteiger charge is 2.33. The number of hydrogen-bond donors (Lipinski definition) is 1. The molecule has 6 nitrogen and oxygen atoms in total. The number of nitrogens with zero attached hydrogens (tertiary/aromatic N) is 3. The molecule has 1 amide bonds. The second-order valence-electron chi connectivity index (χ2n) is 6.99. The number of allylic oxidation sites excluding steroid dienone is 1. The van der Waals surface area contributed by atoms with E-state index in [1.807, 2.05) is 0 Å². The number of benzene rings is 2. The van der Waals surface area contributed by atoms with E-state index in [1.165, 1.54) is 34.9 Å². The largest absolute Gasteiger partial charge is 0.486 e. The van der Waals surface area contributed by atoms with Crippen LogP contribution in [0.25, 0.3) is 0 Å². The monoisotopic (exact) mass is 516 g/mol. The zero-order chi connectivity index (χ0) is 25.6. The molecular weight excluding hydrogens is 498 g/mol. The number of ether oxygens (including phenoxy) is 1. The van der Waals surface area contributed by atoms with Crippen molar-refractivity contribution >= 4 is 23.4 Å². The number of alkyl halides is 6. The van der Waals surface area contributed by atoms with Gasteiger partial charge in [-0.15, -0.1) is 16.8 Å². The maximum absolute atomic E-state index is 13.1. The number of amides is 1. The predicted molar refractivity (Wildman–Crippen MR) is 117 cm³/mol. The first-order valence-electron chi connectivity index (χ1n) is 9.91. The number of carbonyl (C=O) groups is 1. The van der Waals surface area contributed by atoms with Gasteiger partial charge in [-0.1, -0.05) is 36.0 Å². The lowest BCUT2D eigenvalue weighted by Crippen LogP contribution is -2.18. The smallest absolute Gasteiger partial charge is 0.418 e. The van der Waals surface area contributed by atoms with Gasteiger partial charge in [0.15, 0.2) is 11.0 Å². The minimum absolute atomic E-state index is 0.0233. The van der Waals surface area contributed by atoms with Gasteiger partial charge in [-0.3, -0.25) is 9.36 Å². The molecule has 0 spiro atoms. The van der Waals surface area contributed by atoms with Crippen molar-refractivity contribution in [3.05, 3.63) is 78.1 Å². The minimum Gasteiger partial charge on any atom is -0.486 e. The van der Waals surface area contributed by atoms with Crippen molar-refractivity contribution in [3.8, 4) is 5.75 Å². The van der Waals surface area contributed by atoms with Gasteiger partial charge in [-0.05, 0) is 30.3 Å². The molecule has 0 saturated carbocycles. The van der Waals surface area contributed by atoms with E-state index in [2.05, 4.69) is 22.1 Å². The number of halogens is 6. The van der Waals surface area contributed by atoms with Crippen LogP contribution in [0.4, 0.5) is 32.0 Å². The van der Waals surface area contributed by atoms with E-state index in [0.717, 1.165) is 36.0 Å². The summed E-state index contributed by atoms with van der Waals surface area (Å²) < 4.78 is 84.9. The highest BCUT2D eigenvalue weighted by molar-refractivity contribution is 7.99. The highest BCUT2D eigenvalue weighted by Crippen LogP contribution is 2.35. The summed E-state index contributed by atoms with van der Waals surface area (Å²) in [5.74, 6) is -0.727. The molecule has 0 atom stereocenters. The Balaban J connectivity index is 1.66. The molecule has 186 valence electrons. The van der Waals surface area contributed by atoms with Gasteiger partial charge in [0.2, 0.25) is 5.91 Å². The minimum atomic E-state index is -4.63. The van der Waals surface area contributed by atoms with Crippen LogP contribution in [0.1, 0.15) is 17.0 Å². The van der Waals surface area contributed by atoms with Gasteiger partial charge in [0.05, 0.1) is 22.6 Å². The molecule has 1 N–H and O–H groups in total. The normalized spacial score (nSPS) is 11.8. The zero-order valence-electron chi connectivity index (χ0n) is 17.9. The van der Waals surface area contributed by atoms with Crippen LogP contribution in [0.5, 0.6) is 5.75 Å². The molecule has 13 heteroatoms. The number of carbonyl (C=O) groups excluding carboxylic acids is 1. The maximum atomic E-state index is 13.1. The van der Waals surface area contributed by atoms with Crippen molar-refractivity contribution in [1.29, 1.82) is 0 Å². The summed E-state index contributed by atoms with van der Waals surface area (Å²) in [7, 11) is 0. The van der Waals surface area contributed by atoms with Gasteiger partial charge in [-0.2, -0.15) is 26.3 Å². The third kappa shape index (κ3) is 7.01. The molecule has 35 heavy (non-hydrogen) atoms. The van der Waals surface area contributed by atoms with Gasteiger partial charge >= 0.3 is 12.4 Å². The van der Waals surface area contributed by atoms with Crippen LogP contribution in [-0.4, -0.2) is 26.4 Å². The van der Waals surface area contributed by atoms with E-state index in [0.29, 0.717) is 0 Å². The highest BCUT2D eigenvalue weighted by atomic mass is 32.2. The van der Waals surface area contributed by atoms with Gasteiger partial charge in [0.1, 0.15) is 12.4 Å². The molecule has 3 aromatic rings. The van der Waals surface area contributed by atoms with Crippen LogP contribution in [0, 0.1) is 0 Å². The molecule has 0 fully saturated rings. The van der Waals surface area contributed by atoms with E-state index >= 15 is 0 Å². The van der Waals surface area contributed by atoms with Gasteiger partial charge in [0, 0.05) is 6.54 Å². The molecule has 2 aromatic carbocycles. The summed E-state index contributed by atoms with van der Waals surface area (Å²) in [6, 6.07) is 8.94. The van der Waals surface area contributed by atoms with Crippen molar-refractivity contribution in [3.63, 3.8) is 0 Å². The molecule has 0 saturated heterocycles. The van der Waals surface area contributed by atoms with Gasteiger partial charge in [-0.25, -0.2) is 0 Å². The first-order valence-corrected chi connectivity index (χ1v) is 10.9. The topological polar surface area (TPSA) is 69.0 Å². The molecule has 0 aliphatic rings. The molecule has 0 bridgehead atoms. The fourth-order valence-electron chi connectivity index (χ4n) is 2.91. The summed E-state index contributed by atoms with van der Waals surface area (Å²) in [6.45, 7) is 3.61. The summed E-state index contributed by atoms with van der Waals surface area (Å²) >= 11 is 0.920. The van der Waals surface area contributed by atoms with Crippen LogP contribution < -0.4 is 10.1 Å². The van der Waals surface area contributed by atoms with Crippen LogP contribution in [0.15, 0.2) is 66.3 Å². The van der Waals surface area contributed by atoms with Crippen molar-refractivity contribution in [2.75, 3.05) is 11.1 Å². The Labute approximate surface area is 200 Å². The number of rotatable bonds is 9. The Morgan fingerprint density at radius 1 is 1.06 bits per heavy atom. The average Bonchev–Trinajstić information content (AvgIpc) is 3.17. The molecule has 3 rings (SSSR count). The molecular formula is C22H18F6N4O2S. The van der Waals surface area contributed by atoms with Crippen LogP contribution in [0.3, 0.4) is 0 Å². The third-order valence-corrected chi connectivity index (χ3v) is 5.44. The van der Waals surface area contributed by atoms with Crippen LogP contribution in [-0.2, 0) is 30.3 Å². The van der Waals surface area contributed by atoms with E-state index in [1.54, 1.807) is 0 Å². The van der Waals surface area contributed by atoms with Crippen molar-refractivity contribution in [1.82, 2.24) is 14.8 Å². The number of para-hydroxylation sites is 1. The predicted octanol–water partition coefficient (Wildman–Crippen LogP) is 5.81. The van der Waals surface area contributed by atoms with E-state index in [4.69, 9.17) is 4.74 Å². The lowest BCUT2D eigenvalue weighted by atomic mass is 10.1. The second-order valence-corrected chi connectivity index (χ2v) is 7.94.